The topological polar surface area (TPSA) is 76.3 Å². The fourth-order valence-electron chi connectivity index (χ4n) is 3.34. The maximum atomic E-state index is 12.7. The number of benzene rings is 1. The van der Waals surface area contributed by atoms with Gasteiger partial charge in [0.15, 0.2) is 12.6 Å². The minimum atomic E-state index is -0.195. The van der Waals surface area contributed by atoms with Crippen LogP contribution in [0.2, 0.25) is 5.02 Å². The fraction of sp³-hybridized carbons (Fsp3) is 0.579. The van der Waals surface area contributed by atoms with Crippen LogP contribution in [0.3, 0.4) is 0 Å². The van der Waals surface area contributed by atoms with Gasteiger partial charge in [-0.3, -0.25) is 9.59 Å². The molecule has 0 aliphatic carbocycles. The first-order chi connectivity index (χ1) is 12.8. The molecule has 27 heavy (non-hydrogen) atoms. The zero-order chi connectivity index (χ0) is 20.0. The van der Waals surface area contributed by atoms with E-state index in [1.54, 1.807) is 25.3 Å². The molecule has 150 valence electrons. The van der Waals surface area contributed by atoms with Gasteiger partial charge in [-0.25, -0.2) is 0 Å². The summed E-state index contributed by atoms with van der Waals surface area (Å²) in [6, 6.07) is 5.12. The van der Waals surface area contributed by atoms with Gasteiger partial charge in [0.25, 0.3) is 11.8 Å². The van der Waals surface area contributed by atoms with Crippen LogP contribution in [0.4, 0.5) is 5.69 Å². The number of carbonyl (C=O) groups excluding carboxylic acids is 2. The van der Waals surface area contributed by atoms with E-state index in [0.29, 0.717) is 23.0 Å². The third-order valence-electron chi connectivity index (χ3n) is 4.88. The quantitative estimate of drug-likeness (QED) is 0.475. The van der Waals surface area contributed by atoms with Gasteiger partial charge in [0, 0.05) is 11.1 Å². The molecule has 7 nitrogen and oxygen atoms in total. The van der Waals surface area contributed by atoms with E-state index < -0.39 is 0 Å². The molecule has 0 spiro atoms. The summed E-state index contributed by atoms with van der Waals surface area (Å²) < 4.78 is 5.28. The number of halogens is 1. The molecule has 1 aromatic carbocycles. The molecular formula is C19H31ClN4O3+2. The van der Waals surface area contributed by atoms with Crippen molar-refractivity contribution in [2.24, 2.45) is 0 Å². The minimum Gasteiger partial charge on any atom is -0.495 e. The second kappa shape index (κ2) is 9.92. The number of anilines is 1. The first kappa shape index (κ1) is 21.5. The van der Waals surface area contributed by atoms with Gasteiger partial charge in [-0.05, 0) is 39.0 Å². The van der Waals surface area contributed by atoms with E-state index in [9.17, 15) is 9.59 Å². The lowest BCUT2D eigenvalue weighted by Gasteiger charge is -2.32. The molecule has 1 aromatic rings. The fourth-order valence-corrected chi connectivity index (χ4v) is 3.51. The molecule has 0 unspecified atom stereocenters. The first-order valence-electron chi connectivity index (χ1n) is 9.42. The Morgan fingerprint density at radius 2 is 1.85 bits per heavy atom. The van der Waals surface area contributed by atoms with Crippen LogP contribution in [0.15, 0.2) is 18.2 Å². The van der Waals surface area contributed by atoms with Gasteiger partial charge in [-0.15, -0.1) is 0 Å². The average Bonchev–Trinajstić information content (AvgIpc) is 2.61. The molecule has 0 radical (unpaired) electrons. The summed E-state index contributed by atoms with van der Waals surface area (Å²) in [6.45, 7) is 9.80. The monoisotopic (exact) mass is 398 g/mol. The number of methoxy groups -OCH3 is 1. The number of quaternary nitrogens is 2. The Morgan fingerprint density at radius 3 is 2.44 bits per heavy atom. The second-order valence-electron chi connectivity index (χ2n) is 7.36. The Labute approximate surface area is 166 Å². The van der Waals surface area contributed by atoms with Crippen LogP contribution in [0.25, 0.3) is 0 Å². The number of hydrogen-bond donors (Lipinski definition) is 4. The van der Waals surface area contributed by atoms with E-state index in [1.165, 1.54) is 9.80 Å². The summed E-state index contributed by atoms with van der Waals surface area (Å²) in [5, 5.41) is 6.40. The van der Waals surface area contributed by atoms with Crippen molar-refractivity contribution in [2.45, 2.75) is 32.9 Å². The Kier molecular flexibility index (Phi) is 7.89. The van der Waals surface area contributed by atoms with Gasteiger partial charge >= 0.3 is 0 Å². The van der Waals surface area contributed by atoms with Crippen LogP contribution >= 0.6 is 11.6 Å². The first-order valence-corrected chi connectivity index (χ1v) is 9.79. The normalized spacial score (nSPS) is 20.8. The Balaban J connectivity index is 1.86. The van der Waals surface area contributed by atoms with Crippen molar-refractivity contribution >= 4 is 29.1 Å². The summed E-state index contributed by atoms with van der Waals surface area (Å²) in [5.74, 6) is 0.606. The van der Waals surface area contributed by atoms with Crippen molar-refractivity contribution in [3.05, 3.63) is 23.2 Å². The van der Waals surface area contributed by atoms with Crippen LogP contribution in [0, 0.1) is 0 Å². The largest absolute Gasteiger partial charge is 0.495 e. The molecule has 1 saturated heterocycles. The lowest BCUT2D eigenvalue weighted by Crippen LogP contribution is -3.30. The lowest BCUT2D eigenvalue weighted by molar-refractivity contribution is -1.01. The second-order valence-corrected chi connectivity index (χ2v) is 7.80. The number of rotatable bonds is 7. The number of carbonyl (C=O) groups is 2. The Bertz CT molecular complexity index is 660. The van der Waals surface area contributed by atoms with E-state index in [-0.39, 0.29) is 23.9 Å². The van der Waals surface area contributed by atoms with E-state index in [2.05, 4.69) is 10.6 Å². The molecule has 1 atom stereocenters. The summed E-state index contributed by atoms with van der Waals surface area (Å²) in [5.41, 5.74) is 0.580. The highest BCUT2D eigenvalue weighted by molar-refractivity contribution is 6.31. The minimum absolute atomic E-state index is 0.0634. The van der Waals surface area contributed by atoms with E-state index in [1.807, 2.05) is 20.8 Å². The van der Waals surface area contributed by atoms with Crippen LogP contribution < -0.4 is 25.2 Å². The molecule has 8 heteroatoms. The highest BCUT2D eigenvalue weighted by Gasteiger charge is 2.32. The van der Waals surface area contributed by atoms with Crippen molar-refractivity contribution in [1.29, 1.82) is 0 Å². The average molecular weight is 399 g/mol. The highest BCUT2D eigenvalue weighted by atomic mass is 35.5. The Morgan fingerprint density at radius 1 is 1.19 bits per heavy atom. The standard InChI is InChI=1S/C19H29ClN4O3/c1-13(2)21-18(25)12-23-7-9-24(10-8-23)14(3)19(26)22-16-11-15(20)5-6-17(16)27-4/h5-6,11,13-14H,7-10,12H2,1-4H3,(H,21,25)(H,22,26)/p+2/t14-/m1/s1. The SMILES string of the molecule is COc1ccc(Cl)cc1NC(=O)[C@@H](C)[NH+]1CC[NH+](CC(=O)NC(C)C)CC1. The van der Waals surface area contributed by atoms with Crippen LogP contribution in [-0.4, -0.2) is 63.7 Å². The number of ether oxygens (including phenoxy) is 1. The third-order valence-corrected chi connectivity index (χ3v) is 5.12. The van der Waals surface area contributed by atoms with Gasteiger partial charge in [0.1, 0.15) is 31.9 Å². The predicted octanol–water partition coefficient (Wildman–Crippen LogP) is -1.02. The Hall–Kier alpha value is -1.83. The maximum Gasteiger partial charge on any atom is 0.282 e. The summed E-state index contributed by atoms with van der Waals surface area (Å²) in [6.07, 6.45) is 0. The van der Waals surface area contributed by atoms with Crippen molar-refractivity contribution in [1.82, 2.24) is 5.32 Å². The highest BCUT2D eigenvalue weighted by Crippen LogP contribution is 2.27. The molecule has 2 amide bonds. The zero-order valence-corrected chi connectivity index (χ0v) is 17.3. The van der Waals surface area contributed by atoms with E-state index in [0.717, 1.165) is 26.2 Å². The summed E-state index contributed by atoms with van der Waals surface area (Å²) in [7, 11) is 1.56. The molecule has 0 saturated carbocycles. The van der Waals surface area contributed by atoms with Crippen molar-refractivity contribution in [2.75, 3.05) is 45.2 Å². The molecular weight excluding hydrogens is 368 g/mol. The number of piperazine rings is 1. The van der Waals surface area contributed by atoms with Gasteiger partial charge in [-0.2, -0.15) is 0 Å². The maximum absolute atomic E-state index is 12.7. The predicted molar refractivity (Wildman–Crippen MR) is 106 cm³/mol. The van der Waals surface area contributed by atoms with E-state index >= 15 is 0 Å². The molecule has 1 heterocycles. The summed E-state index contributed by atoms with van der Waals surface area (Å²) in [4.78, 5) is 27.1. The number of nitrogens with one attached hydrogen (secondary N) is 4. The summed E-state index contributed by atoms with van der Waals surface area (Å²) >= 11 is 6.03. The van der Waals surface area contributed by atoms with Gasteiger partial charge in [0.2, 0.25) is 0 Å². The van der Waals surface area contributed by atoms with Crippen LogP contribution in [0.5, 0.6) is 5.75 Å². The third kappa shape index (κ3) is 6.37. The molecule has 2 rings (SSSR count). The van der Waals surface area contributed by atoms with Crippen molar-refractivity contribution in [3.63, 3.8) is 0 Å². The van der Waals surface area contributed by atoms with Gasteiger partial charge < -0.3 is 25.2 Å². The number of amides is 2. The number of hydrogen-bond acceptors (Lipinski definition) is 3. The smallest absolute Gasteiger partial charge is 0.282 e. The van der Waals surface area contributed by atoms with Crippen molar-refractivity contribution < 1.29 is 24.1 Å². The molecule has 1 aliphatic rings. The lowest BCUT2D eigenvalue weighted by atomic mass is 10.2. The zero-order valence-electron chi connectivity index (χ0n) is 16.5. The molecule has 1 fully saturated rings. The van der Waals surface area contributed by atoms with Gasteiger partial charge in [-0.1, -0.05) is 11.6 Å². The molecule has 0 bridgehead atoms. The molecule has 0 aromatic heterocycles. The molecule has 1 aliphatic heterocycles. The van der Waals surface area contributed by atoms with Crippen molar-refractivity contribution in [3.8, 4) is 5.75 Å². The van der Waals surface area contributed by atoms with Crippen LogP contribution in [0.1, 0.15) is 20.8 Å². The van der Waals surface area contributed by atoms with Crippen LogP contribution in [-0.2, 0) is 9.59 Å². The molecule has 4 N–H and O–H groups in total. The van der Waals surface area contributed by atoms with Gasteiger partial charge in [0.05, 0.1) is 12.8 Å². The van der Waals surface area contributed by atoms with E-state index in [4.69, 9.17) is 16.3 Å².